The number of nitrogens with zero attached hydrogens (tertiary/aromatic N) is 1. The van der Waals surface area contributed by atoms with E-state index in [1.54, 1.807) is 6.07 Å². The SMILES string of the molecule is CC1(C)CN(Cc2ccc(F)cc2Cl)CCC1N. The smallest absolute Gasteiger partial charge is 0.124 e. The van der Waals surface area contributed by atoms with E-state index in [0.29, 0.717) is 5.02 Å². The summed E-state index contributed by atoms with van der Waals surface area (Å²) >= 11 is 6.06. The summed E-state index contributed by atoms with van der Waals surface area (Å²) in [6, 6.07) is 4.84. The summed E-state index contributed by atoms with van der Waals surface area (Å²) in [6.07, 6.45) is 0.992. The molecule has 1 saturated heterocycles. The van der Waals surface area contributed by atoms with Crippen LogP contribution in [0.3, 0.4) is 0 Å². The summed E-state index contributed by atoms with van der Waals surface area (Å²) in [4.78, 5) is 2.34. The van der Waals surface area contributed by atoms with E-state index in [1.165, 1.54) is 12.1 Å². The largest absolute Gasteiger partial charge is 0.327 e. The van der Waals surface area contributed by atoms with Gasteiger partial charge >= 0.3 is 0 Å². The van der Waals surface area contributed by atoms with Gasteiger partial charge in [-0.3, -0.25) is 4.90 Å². The summed E-state index contributed by atoms with van der Waals surface area (Å²) in [7, 11) is 0. The standard InChI is InChI=1S/C14H20ClFN2/c1-14(2)9-18(6-5-13(14)17)8-10-3-4-11(16)7-12(10)15/h3-4,7,13H,5-6,8-9,17H2,1-2H3. The fourth-order valence-electron chi connectivity index (χ4n) is 2.51. The zero-order valence-corrected chi connectivity index (χ0v) is 11.7. The van der Waals surface area contributed by atoms with Gasteiger partial charge in [-0.15, -0.1) is 0 Å². The van der Waals surface area contributed by atoms with Crippen LogP contribution in [0.1, 0.15) is 25.8 Å². The number of piperidine rings is 1. The molecule has 0 aliphatic carbocycles. The van der Waals surface area contributed by atoms with Gasteiger partial charge in [0.2, 0.25) is 0 Å². The Hall–Kier alpha value is -0.640. The van der Waals surface area contributed by atoms with Crippen LogP contribution >= 0.6 is 11.6 Å². The summed E-state index contributed by atoms with van der Waals surface area (Å²) in [5.74, 6) is -0.287. The average Bonchev–Trinajstić information content (AvgIpc) is 2.27. The second-order valence-corrected chi connectivity index (χ2v) is 6.24. The minimum atomic E-state index is -0.287. The summed E-state index contributed by atoms with van der Waals surface area (Å²) in [6.45, 7) is 7.06. The Bertz CT molecular complexity index is 434. The van der Waals surface area contributed by atoms with Gasteiger partial charge in [-0.1, -0.05) is 31.5 Å². The van der Waals surface area contributed by atoms with Gasteiger partial charge in [0.25, 0.3) is 0 Å². The van der Waals surface area contributed by atoms with E-state index in [0.717, 1.165) is 31.6 Å². The Morgan fingerprint density at radius 1 is 1.50 bits per heavy atom. The first kappa shape index (κ1) is 13.8. The van der Waals surface area contributed by atoms with Crippen molar-refractivity contribution in [3.63, 3.8) is 0 Å². The number of hydrogen-bond donors (Lipinski definition) is 1. The van der Waals surface area contributed by atoms with Crippen LogP contribution < -0.4 is 5.73 Å². The van der Waals surface area contributed by atoms with E-state index in [4.69, 9.17) is 17.3 Å². The number of hydrogen-bond acceptors (Lipinski definition) is 2. The molecule has 1 unspecified atom stereocenters. The highest BCUT2D eigenvalue weighted by molar-refractivity contribution is 6.31. The second-order valence-electron chi connectivity index (χ2n) is 5.83. The van der Waals surface area contributed by atoms with Crippen LogP contribution in [0.5, 0.6) is 0 Å². The predicted molar refractivity (Wildman–Crippen MR) is 73.1 cm³/mol. The molecule has 4 heteroatoms. The number of benzene rings is 1. The highest BCUT2D eigenvalue weighted by Crippen LogP contribution is 2.29. The van der Waals surface area contributed by atoms with Crippen molar-refractivity contribution < 1.29 is 4.39 Å². The van der Waals surface area contributed by atoms with Crippen LogP contribution in [-0.2, 0) is 6.54 Å². The molecule has 2 nitrogen and oxygen atoms in total. The molecule has 0 bridgehead atoms. The third-order valence-corrected chi connectivity index (χ3v) is 4.15. The molecule has 1 fully saturated rings. The normalized spacial score (nSPS) is 24.2. The molecular weight excluding hydrogens is 251 g/mol. The maximum Gasteiger partial charge on any atom is 0.124 e. The van der Waals surface area contributed by atoms with Gasteiger partial charge in [-0.05, 0) is 29.5 Å². The molecule has 100 valence electrons. The van der Waals surface area contributed by atoms with Gasteiger partial charge in [-0.25, -0.2) is 4.39 Å². The molecule has 0 spiro atoms. The van der Waals surface area contributed by atoms with Crippen molar-refractivity contribution in [1.82, 2.24) is 4.90 Å². The van der Waals surface area contributed by atoms with Crippen LogP contribution in [0.4, 0.5) is 4.39 Å². The molecule has 0 amide bonds. The van der Waals surface area contributed by atoms with Crippen LogP contribution in [0.2, 0.25) is 5.02 Å². The lowest BCUT2D eigenvalue weighted by atomic mass is 9.79. The Balaban J connectivity index is 2.06. The van der Waals surface area contributed by atoms with E-state index in [1.807, 2.05) is 0 Å². The van der Waals surface area contributed by atoms with Gasteiger partial charge in [0.15, 0.2) is 0 Å². The van der Waals surface area contributed by atoms with Gasteiger partial charge < -0.3 is 5.73 Å². The Kier molecular flexibility index (Phi) is 3.95. The monoisotopic (exact) mass is 270 g/mol. The minimum absolute atomic E-state index is 0.116. The molecule has 2 rings (SSSR count). The van der Waals surface area contributed by atoms with E-state index in [9.17, 15) is 4.39 Å². The Morgan fingerprint density at radius 3 is 2.83 bits per heavy atom. The Labute approximate surface area is 113 Å². The maximum atomic E-state index is 13.0. The summed E-state index contributed by atoms with van der Waals surface area (Å²) in [5, 5.41) is 0.502. The topological polar surface area (TPSA) is 29.3 Å². The molecule has 0 radical (unpaired) electrons. The number of rotatable bonds is 2. The highest BCUT2D eigenvalue weighted by Gasteiger charge is 2.33. The van der Waals surface area contributed by atoms with E-state index in [-0.39, 0.29) is 17.3 Å². The van der Waals surface area contributed by atoms with Crippen molar-refractivity contribution in [3.05, 3.63) is 34.6 Å². The van der Waals surface area contributed by atoms with Crippen molar-refractivity contribution in [3.8, 4) is 0 Å². The fraction of sp³-hybridized carbons (Fsp3) is 0.571. The average molecular weight is 271 g/mol. The summed E-state index contributed by atoms with van der Waals surface area (Å²) in [5.41, 5.74) is 7.21. The van der Waals surface area contributed by atoms with Gasteiger partial charge in [0.05, 0.1) is 0 Å². The molecule has 18 heavy (non-hydrogen) atoms. The van der Waals surface area contributed by atoms with Crippen molar-refractivity contribution in [2.45, 2.75) is 32.9 Å². The predicted octanol–water partition coefficient (Wildman–Crippen LogP) is 3.04. The number of likely N-dealkylation sites (tertiary alicyclic amines) is 1. The van der Waals surface area contributed by atoms with Crippen LogP contribution in [-0.4, -0.2) is 24.0 Å². The van der Waals surface area contributed by atoms with Gasteiger partial charge in [0, 0.05) is 30.7 Å². The molecule has 1 aromatic carbocycles. The number of halogens is 2. The zero-order valence-electron chi connectivity index (χ0n) is 10.9. The molecule has 0 aromatic heterocycles. The minimum Gasteiger partial charge on any atom is -0.327 e. The molecule has 1 atom stereocenters. The van der Waals surface area contributed by atoms with E-state index < -0.39 is 0 Å². The molecule has 1 heterocycles. The molecule has 0 saturated carbocycles. The third-order valence-electron chi connectivity index (χ3n) is 3.80. The number of nitrogens with two attached hydrogens (primary N) is 1. The lowest BCUT2D eigenvalue weighted by Crippen LogP contribution is -2.52. The second kappa shape index (κ2) is 5.16. The lowest BCUT2D eigenvalue weighted by molar-refractivity contribution is 0.0899. The zero-order chi connectivity index (χ0) is 13.3. The summed E-state index contributed by atoms with van der Waals surface area (Å²) < 4.78 is 13.0. The molecule has 1 aliphatic heterocycles. The highest BCUT2D eigenvalue weighted by atomic mass is 35.5. The van der Waals surface area contributed by atoms with Crippen molar-refractivity contribution in [2.24, 2.45) is 11.1 Å². The lowest BCUT2D eigenvalue weighted by Gasteiger charge is -2.42. The molecule has 1 aromatic rings. The van der Waals surface area contributed by atoms with E-state index >= 15 is 0 Å². The first-order chi connectivity index (χ1) is 8.38. The Morgan fingerprint density at radius 2 is 2.22 bits per heavy atom. The first-order valence-corrected chi connectivity index (χ1v) is 6.68. The van der Waals surface area contributed by atoms with Crippen molar-refractivity contribution in [2.75, 3.05) is 13.1 Å². The third kappa shape index (κ3) is 3.02. The first-order valence-electron chi connectivity index (χ1n) is 6.30. The fourth-order valence-corrected chi connectivity index (χ4v) is 2.74. The van der Waals surface area contributed by atoms with Crippen LogP contribution in [0.25, 0.3) is 0 Å². The van der Waals surface area contributed by atoms with Crippen molar-refractivity contribution >= 4 is 11.6 Å². The quantitative estimate of drug-likeness (QED) is 0.895. The van der Waals surface area contributed by atoms with Gasteiger partial charge in [-0.2, -0.15) is 0 Å². The maximum absolute atomic E-state index is 13.0. The van der Waals surface area contributed by atoms with Crippen LogP contribution in [0.15, 0.2) is 18.2 Å². The molecular formula is C14H20ClFN2. The van der Waals surface area contributed by atoms with Gasteiger partial charge in [0.1, 0.15) is 5.82 Å². The molecule has 1 aliphatic rings. The van der Waals surface area contributed by atoms with E-state index in [2.05, 4.69) is 18.7 Å². The van der Waals surface area contributed by atoms with Crippen LogP contribution in [0, 0.1) is 11.2 Å². The molecule has 2 N–H and O–H groups in total. The van der Waals surface area contributed by atoms with Crippen molar-refractivity contribution in [1.29, 1.82) is 0 Å².